The van der Waals surface area contributed by atoms with Crippen molar-refractivity contribution in [1.29, 1.82) is 0 Å². The van der Waals surface area contributed by atoms with Crippen molar-refractivity contribution in [1.82, 2.24) is 10.2 Å². The molecule has 4 nitrogen and oxygen atoms in total. The first-order valence-electron chi connectivity index (χ1n) is 5.07. The number of ether oxygens (including phenoxy) is 1. The molecule has 0 atom stereocenters. The van der Waals surface area contributed by atoms with E-state index >= 15 is 0 Å². The van der Waals surface area contributed by atoms with E-state index in [0.29, 0.717) is 5.69 Å². The summed E-state index contributed by atoms with van der Waals surface area (Å²) >= 11 is 0. The summed E-state index contributed by atoms with van der Waals surface area (Å²) in [6.45, 7) is 0. The van der Waals surface area contributed by atoms with Gasteiger partial charge in [-0.25, -0.2) is 4.79 Å². The second-order valence-corrected chi connectivity index (χ2v) is 3.62. The minimum Gasteiger partial charge on any atom is -0.458 e. The number of nitrogens with one attached hydrogen (secondary N) is 1. The molecule has 0 amide bonds. The molecule has 1 aromatic rings. The van der Waals surface area contributed by atoms with Gasteiger partial charge in [0.1, 0.15) is 6.10 Å². The highest BCUT2D eigenvalue weighted by atomic mass is 16.5. The number of rotatable bonds is 2. The number of aromatic nitrogens is 2. The van der Waals surface area contributed by atoms with Crippen LogP contribution < -0.4 is 0 Å². The van der Waals surface area contributed by atoms with Crippen LogP contribution in [0.2, 0.25) is 0 Å². The molecule has 14 heavy (non-hydrogen) atoms. The van der Waals surface area contributed by atoms with Crippen molar-refractivity contribution in [3.05, 3.63) is 18.0 Å². The van der Waals surface area contributed by atoms with Gasteiger partial charge in [0.25, 0.3) is 0 Å². The van der Waals surface area contributed by atoms with E-state index < -0.39 is 0 Å². The van der Waals surface area contributed by atoms with E-state index in [9.17, 15) is 4.79 Å². The van der Waals surface area contributed by atoms with Gasteiger partial charge in [0.15, 0.2) is 5.69 Å². The van der Waals surface area contributed by atoms with Gasteiger partial charge in [0, 0.05) is 6.20 Å². The van der Waals surface area contributed by atoms with Gasteiger partial charge in [-0.2, -0.15) is 5.10 Å². The smallest absolute Gasteiger partial charge is 0.359 e. The SMILES string of the molecule is O=C(OC1CCCCC1)c1cc[nH]n1. The van der Waals surface area contributed by atoms with Crippen LogP contribution in [0.15, 0.2) is 12.3 Å². The summed E-state index contributed by atoms with van der Waals surface area (Å²) in [5.74, 6) is -0.307. The fourth-order valence-electron chi connectivity index (χ4n) is 1.77. The van der Waals surface area contributed by atoms with Crippen LogP contribution in [0, 0.1) is 0 Å². The highest BCUT2D eigenvalue weighted by Crippen LogP contribution is 2.20. The van der Waals surface area contributed by atoms with E-state index in [4.69, 9.17) is 4.74 Å². The molecular formula is C10H14N2O2. The number of aromatic amines is 1. The first-order valence-corrected chi connectivity index (χ1v) is 5.07. The normalized spacial score (nSPS) is 18.0. The molecule has 0 aliphatic heterocycles. The molecule has 1 aliphatic rings. The number of carbonyl (C=O) groups excluding carboxylic acids is 1. The maximum atomic E-state index is 11.5. The van der Waals surface area contributed by atoms with Crippen molar-refractivity contribution >= 4 is 5.97 Å². The molecule has 0 unspecified atom stereocenters. The van der Waals surface area contributed by atoms with Crippen LogP contribution >= 0.6 is 0 Å². The minimum atomic E-state index is -0.307. The molecule has 0 radical (unpaired) electrons. The Morgan fingerprint density at radius 2 is 2.21 bits per heavy atom. The van der Waals surface area contributed by atoms with E-state index in [1.54, 1.807) is 12.3 Å². The Morgan fingerprint density at radius 3 is 2.86 bits per heavy atom. The third-order valence-electron chi connectivity index (χ3n) is 2.54. The van der Waals surface area contributed by atoms with Crippen molar-refractivity contribution in [3.8, 4) is 0 Å². The van der Waals surface area contributed by atoms with Gasteiger partial charge in [-0.15, -0.1) is 0 Å². The van der Waals surface area contributed by atoms with Gasteiger partial charge in [0.2, 0.25) is 0 Å². The molecule has 4 heteroatoms. The number of carbonyl (C=O) groups is 1. The lowest BCUT2D eigenvalue weighted by atomic mass is 9.98. The number of nitrogens with zero attached hydrogens (tertiary/aromatic N) is 1. The summed E-state index contributed by atoms with van der Waals surface area (Å²) in [6.07, 6.45) is 7.31. The molecule has 1 saturated carbocycles. The zero-order valence-corrected chi connectivity index (χ0v) is 8.03. The molecule has 0 saturated heterocycles. The Balaban J connectivity index is 1.87. The van der Waals surface area contributed by atoms with E-state index in [-0.39, 0.29) is 12.1 Å². The highest BCUT2D eigenvalue weighted by Gasteiger charge is 2.19. The van der Waals surface area contributed by atoms with Crippen LogP contribution in [0.3, 0.4) is 0 Å². The largest absolute Gasteiger partial charge is 0.458 e. The average Bonchev–Trinajstić information content (AvgIpc) is 2.72. The van der Waals surface area contributed by atoms with Crippen LogP contribution in [0.25, 0.3) is 0 Å². The van der Waals surface area contributed by atoms with E-state index in [2.05, 4.69) is 10.2 Å². The van der Waals surface area contributed by atoms with Crippen molar-refractivity contribution in [2.45, 2.75) is 38.2 Å². The molecule has 1 heterocycles. The molecule has 1 aromatic heterocycles. The van der Waals surface area contributed by atoms with Crippen molar-refractivity contribution in [2.75, 3.05) is 0 Å². The lowest BCUT2D eigenvalue weighted by Gasteiger charge is -2.21. The van der Waals surface area contributed by atoms with Gasteiger partial charge in [-0.1, -0.05) is 6.42 Å². The molecule has 0 spiro atoms. The van der Waals surface area contributed by atoms with Crippen LogP contribution in [-0.2, 0) is 4.74 Å². The number of H-pyrrole nitrogens is 1. The van der Waals surface area contributed by atoms with E-state index in [1.807, 2.05) is 0 Å². The number of hydrogen-bond acceptors (Lipinski definition) is 3. The Morgan fingerprint density at radius 1 is 1.43 bits per heavy atom. The summed E-state index contributed by atoms with van der Waals surface area (Å²) in [5, 5.41) is 6.38. The van der Waals surface area contributed by atoms with Gasteiger partial charge in [0.05, 0.1) is 0 Å². The molecule has 1 aliphatic carbocycles. The zero-order chi connectivity index (χ0) is 9.80. The van der Waals surface area contributed by atoms with Crippen molar-refractivity contribution in [2.24, 2.45) is 0 Å². The third-order valence-corrected chi connectivity index (χ3v) is 2.54. The first kappa shape index (κ1) is 9.24. The molecule has 1 N–H and O–H groups in total. The van der Waals surface area contributed by atoms with Crippen LogP contribution in [0.4, 0.5) is 0 Å². The number of hydrogen-bond donors (Lipinski definition) is 1. The second-order valence-electron chi connectivity index (χ2n) is 3.62. The third kappa shape index (κ3) is 2.13. The van der Waals surface area contributed by atoms with Crippen molar-refractivity contribution in [3.63, 3.8) is 0 Å². The summed E-state index contributed by atoms with van der Waals surface area (Å²) in [5.41, 5.74) is 0.371. The first-order chi connectivity index (χ1) is 6.86. The lowest BCUT2D eigenvalue weighted by molar-refractivity contribution is 0.0204. The fraction of sp³-hybridized carbons (Fsp3) is 0.600. The number of esters is 1. The molecule has 0 aromatic carbocycles. The molecular weight excluding hydrogens is 180 g/mol. The molecule has 2 rings (SSSR count). The topological polar surface area (TPSA) is 55.0 Å². The average molecular weight is 194 g/mol. The summed E-state index contributed by atoms with van der Waals surface area (Å²) in [6, 6.07) is 1.63. The Hall–Kier alpha value is -1.32. The summed E-state index contributed by atoms with van der Waals surface area (Å²) in [4.78, 5) is 11.5. The standard InChI is InChI=1S/C10H14N2O2/c13-10(9-6-7-11-12-9)14-8-4-2-1-3-5-8/h6-8H,1-5H2,(H,11,12). The van der Waals surface area contributed by atoms with Gasteiger partial charge in [-0.05, 0) is 31.7 Å². The predicted molar refractivity (Wildman–Crippen MR) is 50.9 cm³/mol. The summed E-state index contributed by atoms with van der Waals surface area (Å²) in [7, 11) is 0. The second kappa shape index (κ2) is 4.26. The van der Waals surface area contributed by atoms with Gasteiger partial charge < -0.3 is 4.74 Å². The lowest BCUT2D eigenvalue weighted by Crippen LogP contribution is -2.21. The molecule has 76 valence electrons. The Kier molecular flexibility index (Phi) is 2.81. The van der Waals surface area contributed by atoms with E-state index in [1.165, 1.54) is 19.3 Å². The highest BCUT2D eigenvalue weighted by molar-refractivity contribution is 5.87. The van der Waals surface area contributed by atoms with Gasteiger partial charge in [-0.3, -0.25) is 5.10 Å². The zero-order valence-electron chi connectivity index (χ0n) is 8.03. The van der Waals surface area contributed by atoms with E-state index in [0.717, 1.165) is 12.8 Å². The van der Waals surface area contributed by atoms with Crippen LogP contribution in [0.5, 0.6) is 0 Å². The summed E-state index contributed by atoms with van der Waals surface area (Å²) < 4.78 is 5.31. The monoisotopic (exact) mass is 194 g/mol. The molecule has 0 bridgehead atoms. The minimum absolute atomic E-state index is 0.105. The van der Waals surface area contributed by atoms with Gasteiger partial charge >= 0.3 is 5.97 Å². The Bertz CT molecular complexity index is 289. The van der Waals surface area contributed by atoms with Crippen LogP contribution in [-0.4, -0.2) is 22.3 Å². The molecule has 1 fully saturated rings. The fourth-order valence-corrected chi connectivity index (χ4v) is 1.77. The van der Waals surface area contributed by atoms with Crippen LogP contribution in [0.1, 0.15) is 42.6 Å². The van der Waals surface area contributed by atoms with Crippen molar-refractivity contribution < 1.29 is 9.53 Å². The maximum Gasteiger partial charge on any atom is 0.359 e. The maximum absolute atomic E-state index is 11.5. The Labute approximate surface area is 82.7 Å². The predicted octanol–water partition coefficient (Wildman–Crippen LogP) is 1.90. The quantitative estimate of drug-likeness (QED) is 0.731.